The van der Waals surface area contributed by atoms with Crippen LogP contribution in [-0.4, -0.2) is 55.1 Å². The fourth-order valence-corrected chi connectivity index (χ4v) is 4.13. The molecule has 1 aromatic heterocycles. The topological polar surface area (TPSA) is 141 Å². The zero-order valence-electron chi connectivity index (χ0n) is 13.4. The lowest BCUT2D eigenvalue weighted by atomic mass is 10.1. The van der Waals surface area contributed by atoms with E-state index in [1.807, 2.05) is 4.98 Å². The number of piperidine rings is 1. The quantitative estimate of drug-likeness (QED) is 0.646. The van der Waals surface area contributed by atoms with Crippen LogP contribution in [-0.2, 0) is 14.8 Å². The highest BCUT2D eigenvalue weighted by Gasteiger charge is 2.29. The molecule has 0 atom stereocenters. The van der Waals surface area contributed by atoms with Crippen LogP contribution in [0, 0.1) is 6.92 Å². The number of carbonyl (C=O) groups excluding carboxylic acids is 1. The first-order valence-corrected chi connectivity index (χ1v) is 9.00. The minimum atomic E-state index is -4.08. The Bertz CT molecular complexity index is 820. The van der Waals surface area contributed by atoms with Crippen LogP contribution in [0.15, 0.2) is 14.5 Å². The van der Waals surface area contributed by atoms with Crippen LogP contribution in [0.4, 0.5) is 4.79 Å². The van der Waals surface area contributed by atoms with Crippen molar-refractivity contribution in [1.82, 2.24) is 19.6 Å². The maximum atomic E-state index is 12.4. The Morgan fingerprint density at radius 2 is 1.92 bits per heavy atom. The number of likely N-dealkylation sites (tertiary alicyclic amines) is 1. The third kappa shape index (κ3) is 4.03. The van der Waals surface area contributed by atoms with Crippen molar-refractivity contribution >= 4 is 16.1 Å². The summed E-state index contributed by atoms with van der Waals surface area (Å²) in [4.78, 5) is 39.7. The highest BCUT2D eigenvalue weighted by molar-refractivity contribution is 7.89. The minimum Gasteiger partial charge on any atom is -0.450 e. The summed E-state index contributed by atoms with van der Waals surface area (Å²) in [6.45, 7) is 4.04. The van der Waals surface area contributed by atoms with Gasteiger partial charge in [0.25, 0.3) is 5.56 Å². The van der Waals surface area contributed by atoms with Gasteiger partial charge < -0.3 is 14.6 Å². The van der Waals surface area contributed by atoms with Crippen LogP contribution >= 0.6 is 0 Å². The fourth-order valence-electron chi connectivity index (χ4n) is 2.59. The third-order valence-corrected chi connectivity index (χ3v) is 5.36. The van der Waals surface area contributed by atoms with Crippen molar-refractivity contribution in [3.8, 4) is 0 Å². The molecule has 1 aliphatic heterocycles. The number of amides is 1. The molecule has 3 N–H and O–H groups in total. The third-order valence-electron chi connectivity index (χ3n) is 3.69. The number of hydrogen-bond acceptors (Lipinski definition) is 6. The second kappa shape index (κ2) is 7.18. The maximum Gasteiger partial charge on any atom is 0.409 e. The van der Waals surface area contributed by atoms with Gasteiger partial charge >= 0.3 is 11.8 Å². The van der Waals surface area contributed by atoms with Crippen molar-refractivity contribution in [3.05, 3.63) is 26.5 Å². The summed E-state index contributed by atoms with van der Waals surface area (Å²) in [6.07, 6.45) is 0.378. The molecule has 1 aliphatic rings. The molecule has 11 heteroatoms. The van der Waals surface area contributed by atoms with Gasteiger partial charge in [0, 0.05) is 24.8 Å². The second-order valence-electron chi connectivity index (χ2n) is 5.44. The summed E-state index contributed by atoms with van der Waals surface area (Å²) in [7, 11) is -4.08. The van der Waals surface area contributed by atoms with E-state index in [4.69, 9.17) is 4.74 Å². The number of carbonyl (C=O) groups is 1. The van der Waals surface area contributed by atoms with E-state index in [1.54, 1.807) is 6.92 Å². The first-order valence-electron chi connectivity index (χ1n) is 7.52. The highest BCUT2D eigenvalue weighted by Crippen LogP contribution is 2.14. The summed E-state index contributed by atoms with van der Waals surface area (Å²) in [5.74, 6) is 0. The minimum absolute atomic E-state index is 0.0276. The van der Waals surface area contributed by atoms with Gasteiger partial charge in [-0.1, -0.05) is 0 Å². The van der Waals surface area contributed by atoms with Crippen LogP contribution in [0.3, 0.4) is 0 Å². The first-order chi connectivity index (χ1) is 11.2. The molecule has 10 nitrogen and oxygen atoms in total. The van der Waals surface area contributed by atoms with Gasteiger partial charge in [-0.25, -0.2) is 22.7 Å². The molecule has 1 amide bonds. The first kappa shape index (κ1) is 18.2. The maximum absolute atomic E-state index is 12.4. The Kier molecular flexibility index (Phi) is 5.44. The lowest BCUT2D eigenvalue weighted by Gasteiger charge is -2.31. The van der Waals surface area contributed by atoms with Crippen molar-refractivity contribution < 1.29 is 17.9 Å². The highest BCUT2D eigenvalue weighted by atomic mass is 32.2. The number of nitrogens with zero attached hydrogens (tertiary/aromatic N) is 1. The van der Waals surface area contributed by atoms with Crippen molar-refractivity contribution in [3.63, 3.8) is 0 Å². The van der Waals surface area contributed by atoms with E-state index in [0.717, 1.165) is 0 Å². The fraction of sp³-hybridized carbons (Fsp3) is 0.615. The van der Waals surface area contributed by atoms with Crippen LogP contribution in [0.2, 0.25) is 0 Å². The average Bonchev–Trinajstić information content (AvgIpc) is 2.46. The van der Waals surface area contributed by atoms with Crippen LogP contribution in [0.25, 0.3) is 0 Å². The van der Waals surface area contributed by atoms with Crippen molar-refractivity contribution in [2.75, 3.05) is 19.7 Å². The largest absolute Gasteiger partial charge is 0.450 e. The number of H-pyrrole nitrogens is 2. The number of sulfonamides is 1. The van der Waals surface area contributed by atoms with Gasteiger partial charge in [0.15, 0.2) is 4.90 Å². The van der Waals surface area contributed by atoms with E-state index in [9.17, 15) is 22.8 Å². The van der Waals surface area contributed by atoms with Crippen molar-refractivity contribution in [2.24, 2.45) is 0 Å². The predicted octanol–water partition coefficient (Wildman–Crippen LogP) is -0.729. The van der Waals surface area contributed by atoms with E-state index in [2.05, 4.69) is 9.71 Å². The Balaban J connectivity index is 2.08. The van der Waals surface area contributed by atoms with Crippen LogP contribution in [0.1, 0.15) is 25.5 Å². The van der Waals surface area contributed by atoms with Gasteiger partial charge in [-0.2, -0.15) is 0 Å². The number of hydrogen-bond donors (Lipinski definition) is 3. The van der Waals surface area contributed by atoms with E-state index >= 15 is 0 Å². The second-order valence-corrected chi connectivity index (χ2v) is 7.09. The Morgan fingerprint density at radius 1 is 1.29 bits per heavy atom. The van der Waals surface area contributed by atoms with Crippen LogP contribution in [0.5, 0.6) is 0 Å². The van der Waals surface area contributed by atoms with Gasteiger partial charge in [0.05, 0.1) is 6.61 Å². The lowest BCUT2D eigenvalue weighted by Crippen LogP contribution is -2.47. The lowest BCUT2D eigenvalue weighted by molar-refractivity contribution is 0.0966. The number of rotatable bonds is 4. The Labute approximate surface area is 138 Å². The molecule has 1 saturated heterocycles. The molecule has 0 saturated carbocycles. The number of aromatic amines is 2. The molecule has 24 heavy (non-hydrogen) atoms. The Hall–Kier alpha value is -2.14. The molecule has 0 radical (unpaired) electrons. The summed E-state index contributed by atoms with van der Waals surface area (Å²) < 4.78 is 32.2. The smallest absolute Gasteiger partial charge is 0.409 e. The summed E-state index contributed by atoms with van der Waals surface area (Å²) in [6, 6.07) is -0.411. The van der Waals surface area contributed by atoms with Crippen molar-refractivity contribution in [1.29, 1.82) is 0 Å². The molecule has 1 fully saturated rings. The standard InChI is InChI=1S/C13H20N4O6S/c1-3-23-13(20)17-6-4-9(5-7-17)16-24(21,22)10-8(2)14-12(19)15-11(10)18/h9,16H,3-7H2,1-2H3,(H2,14,15,18,19). The molecule has 2 rings (SSSR count). The SMILES string of the molecule is CCOC(=O)N1CCC(NS(=O)(=O)c2c(C)[nH]c(=O)[nH]c2=O)CC1. The monoisotopic (exact) mass is 360 g/mol. The van der Waals surface area contributed by atoms with Gasteiger partial charge in [-0.3, -0.25) is 9.78 Å². The Morgan fingerprint density at radius 3 is 2.46 bits per heavy atom. The van der Waals surface area contributed by atoms with Crippen molar-refractivity contribution in [2.45, 2.75) is 37.6 Å². The number of ether oxygens (including phenoxy) is 1. The molecular formula is C13H20N4O6S. The van der Waals surface area contributed by atoms with E-state index < -0.39 is 38.3 Å². The molecule has 0 aliphatic carbocycles. The van der Waals surface area contributed by atoms with Gasteiger partial charge in [0.2, 0.25) is 10.0 Å². The molecule has 0 bridgehead atoms. The van der Waals surface area contributed by atoms with Crippen LogP contribution < -0.4 is 16.0 Å². The van der Waals surface area contributed by atoms with Gasteiger partial charge in [0.1, 0.15) is 0 Å². The molecule has 0 aromatic carbocycles. The zero-order valence-corrected chi connectivity index (χ0v) is 14.2. The zero-order chi connectivity index (χ0) is 17.9. The molecular weight excluding hydrogens is 340 g/mol. The molecule has 0 spiro atoms. The summed E-state index contributed by atoms with van der Waals surface area (Å²) in [5.41, 5.74) is -1.76. The molecule has 134 valence electrons. The average molecular weight is 360 g/mol. The van der Waals surface area contributed by atoms with E-state index in [-0.39, 0.29) is 12.3 Å². The number of nitrogens with one attached hydrogen (secondary N) is 3. The van der Waals surface area contributed by atoms with E-state index in [1.165, 1.54) is 11.8 Å². The van der Waals surface area contributed by atoms with Gasteiger partial charge in [-0.05, 0) is 26.7 Å². The summed E-state index contributed by atoms with van der Waals surface area (Å²) in [5, 5.41) is 0. The predicted molar refractivity (Wildman–Crippen MR) is 84.4 cm³/mol. The molecule has 1 aromatic rings. The summed E-state index contributed by atoms with van der Waals surface area (Å²) >= 11 is 0. The van der Waals surface area contributed by atoms with E-state index in [0.29, 0.717) is 25.9 Å². The van der Waals surface area contributed by atoms with Gasteiger partial charge in [-0.15, -0.1) is 0 Å². The molecule has 0 unspecified atom stereocenters. The normalized spacial score (nSPS) is 16.2. The number of aromatic nitrogens is 2. The number of aryl methyl sites for hydroxylation is 1. The molecule has 2 heterocycles.